The Balaban J connectivity index is 0.00000484. The number of alkyl halides is 3. The van der Waals surface area contributed by atoms with Crippen molar-refractivity contribution in [2.45, 2.75) is 20.0 Å². The second-order valence-electron chi connectivity index (χ2n) is 5.93. The van der Waals surface area contributed by atoms with Crippen molar-refractivity contribution >= 4 is 18.3 Å². The predicted molar refractivity (Wildman–Crippen MR) is 84.7 cm³/mol. The van der Waals surface area contributed by atoms with Crippen LogP contribution in [-0.4, -0.2) is 37.6 Å². The Morgan fingerprint density at radius 1 is 1.22 bits per heavy atom. The highest BCUT2D eigenvalue weighted by molar-refractivity contribution is 5.85. The van der Waals surface area contributed by atoms with Crippen LogP contribution in [0.3, 0.4) is 0 Å². The van der Waals surface area contributed by atoms with Crippen molar-refractivity contribution in [1.82, 2.24) is 4.90 Å². The van der Waals surface area contributed by atoms with Gasteiger partial charge in [-0.3, -0.25) is 4.79 Å². The fourth-order valence-corrected chi connectivity index (χ4v) is 1.79. The van der Waals surface area contributed by atoms with Crippen LogP contribution in [0.4, 0.5) is 13.2 Å². The molecular formula is C15H22ClF3N2O2. The zero-order chi connectivity index (χ0) is 17.0. The summed E-state index contributed by atoms with van der Waals surface area (Å²) in [5.41, 5.74) is 4.64. The summed E-state index contributed by atoms with van der Waals surface area (Å²) >= 11 is 0. The number of hydrogen-bond acceptors (Lipinski definition) is 3. The normalized spacial score (nSPS) is 11.6. The molecule has 0 aliphatic heterocycles. The summed E-state index contributed by atoms with van der Waals surface area (Å²) in [6, 6.07) is 4.22. The Morgan fingerprint density at radius 3 is 2.17 bits per heavy atom. The molecule has 1 aromatic rings. The Morgan fingerprint density at radius 2 is 1.74 bits per heavy atom. The zero-order valence-electron chi connectivity index (χ0n) is 13.3. The zero-order valence-corrected chi connectivity index (χ0v) is 14.1. The molecule has 0 heterocycles. The number of carbonyl (C=O) groups excluding carboxylic acids is 1. The number of ether oxygens (including phenoxy) is 1. The van der Waals surface area contributed by atoms with Crippen LogP contribution >= 0.6 is 12.4 Å². The SMILES string of the molecule is CN(CC(C)(C)CN)C(=O)COc1ccc(C(F)(F)F)cc1.Cl. The summed E-state index contributed by atoms with van der Waals surface area (Å²) in [5.74, 6) is -0.0470. The molecule has 4 nitrogen and oxygen atoms in total. The van der Waals surface area contributed by atoms with Crippen LogP contribution in [-0.2, 0) is 11.0 Å². The average Bonchev–Trinajstić information content (AvgIpc) is 2.43. The number of carbonyl (C=O) groups is 1. The Kier molecular flexibility index (Phi) is 7.86. The Hall–Kier alpha value is -1.47. The summed E-state index contributed by atoms with van der Waals surface area (Å²) in [6.45, 7) is 4.55. The summed E-state index contributed by atoms with van der Waals surface area (Å²) in [4.78, 5) is 13.4. The molecule has 2 N–H and O–H groups in total. The van der Waals surface area contributed by atoms with E-state index in [1.165, 1.54) is 17.0 Å². The highest BCUT2D eigenvalue weighted by Gasteiger charge is 2.30. The standard InChI is InChI=1S/C15H21F3N2O2.ClH/c1-14(2,9-19)10-20(3)13(21)8-22-12-6-4-11(5-7-12)15(16,17)18;/h4-7H,8-10,19H2,1-3H3;1H. The number of nitrogens with zero attached hydrogens (tertiary/aromatic N) is 1. The molecule has 0 aliphatic rings. The van der Waals surface area contributed by atoms with E-state index in [9.17, 15) is 18.0 Å². The van der Waals surface area contributed by atoms with Crippen molar-refractivity contribution in [1.29, 1.82) is 0 Å². The molecule has 1 rings (SSSR count). The third kappa shape index (κ3) is 7.09. The van der Waals surface area contributed by atoms with E-state index in [0.29, 0.717) is 13.1 Å². The Bertz CT molecular complexity index is 504. The molecule has 1 aromatic carbocycles. The molecule has 0 aromatic heterocycles. The van der Waals surface area contributed by atoms with Crippen LogP contribution in [0.5, 0.6) is 5.75 Å². The van der Waals surface area contributed by atoms with E-state index in [4.69, 9.17) is 10.5 Å². The minimum Gasteiger partial charge on any atom is -0.484 e. The topological polar surface area (TPSA) is 55.6 Å². The molecule has 0 aliphatic carbocycles. The van der Waals surface area contributed by atoms with Crippen molar-refractivity contribution in [2.75, 3.05) is 26.7 Å². The molecule has 8 heteroatoms. The predicted octanol–water partition coefficient (Wildman–Crippen LogP) is 2.95. The summed E-state index contributed by atoms with van der Waals surface area (Å²) in [6.07, 6.45) is -4.39. The first-order valence-corrected chi connectivity index (χ1v) is 6.79. The molecular weight excluding hydrogens is 333 g/mol. The highest BCUT2D eigenvalue weighted by atomic mass is 35.5. The van der Waals surface area contributed by atoms with Crippen LogP contribution < -0.4 is 10.5 Å². The van der Waals surface area contributed by atoms with Gasteiger partial charge in [0.25, 0.3) is 5.91 Å². The smallest absolute Gasteiger partial charge is 0.416 e. The van der Waals surface area contributed by atoms with Crippen LogP contribution in [0.2, 0.25) is 0 Å². The van der Waals surface area contributed by atoms with Gasteiger partial charge in [-0.1, -0.05) is 13.8 Å². The molecule has 0 bridgehead atoms. The third-order valence-electron chi connectivity index (χ3n) is 3.19. The number of halogens is 4. The molecule has 0 unspecified atom stereocenters. The van der Waals surface area contributed by atoms with Crippen molar-refractivity contribution in [3.05, 3.63) is 29.8 Å². The molecule has 0 atom stereocenters. The van der Waals surface area contributed by atoms with Gasteiger partial charge in [0.05, 0.1) is 5.56 Å². The van der Waals surface area contributed by atoms with E-state index in [-0.39, 0.29) is 36.1 Å². The number of amides is 1. The van der Waals surface area contributed by atoms with Gasteiger partial charge < -0.3 is 15.4 Å². The van der Waals surface area contributed by atoms with Gasteiger partial charge in [0.15, 0.2) is 6.61 Å². The van der Waals surface area contributed by atoms with Crippen LogP contribution in [0.25, 0.3) is 0 Å². The third-order valence-corrected chi connectivity index (χ3v) is 3.19. The maximum Gasteiger partial charge on any atom is 0.416 e. The van der Waals surface area contributed by atoms with Crippen molar-refractivity contribution in [3.63, 3.8) is 0 Å². The van der Waals surface area contributed by atoms with Crippen molar-refractivity contribution in [2.24, 2.45) is 11.1 Å². The molecule has 0 radical (unpaired) electrons. The fraction of sp³-hybridized carbons (Fsp3) is 0.533. The molecule has 0 spiro atoms. The van der Waals surface area contributed by atoms with Gasteiger partial charge in [0.1, 0.15) is 5.75 Å². The van der Waals surface area contributed by atoms with Gasteiger partial charge in [0, 0.05) is 13.6 Å². The Labute approximate surface area is 140 Å². The minimum atomic E-state index is -4.39. The first-order chi connectivity index (χ1) is 10.0. The van der Waals surface area contributed by atoms with Crippen molar-refractivity contribution in [3.8, 4) is 5.75 Å². The van der Waals surface area contributed by atoms with Gasteiger partial charge in [-0.25, -0.2) is 0 Å². The number of hydrogen-bond donors (Lipinski definition) is 1. The molecule has 0 saturated carbocycles. The average molecular weight is 355 g/mol. The van der Waals surface area contributed by atoms with E-state index in [2.05, 4.69) is 0 Å². The summed E-state index contributed by atoms with van der Waals surface area (Å²) in [7, 11) is 1.63. The monoisotopic (exact) mass is 354 g/mol. The van der Waals surface area contributed by atoms with E-state index in [1.807, 2.05) is 13.8 Å². The van der Waals surface area contributed by atoms with Gasteiger partial charge in [-0.05, 0) is 36.2 Å². The number of likely N-dealkylation sites (N-methyl/N-ethyl adjacent to an activating group) is 1. The molecule has 23 heavy (non-hydrogen) atoms. The summed E-state index contributed by atoms with van der Waals surface area (Å²) < 4.78 is 42.5. The molecule has 1 amide bonds. The van der Waals surface area contributed by atoms with Gasteiger partial charge in [0.2, 0.25) is 0 Å². The first kappa shape index (κ1) is 21.5. The van der Waals surface area contributed by atoms with E-state index >= 15 is 0 Å². The van der Waals surface area contributed by atoms with Crippen molar-refractivity contribution < 1.29 is 22.7 Å². The maximum absolute atomic E-state index is 12.4. The van der Waals surface area contributed by atoms with Gasteiger partial charge in [-0.15, -0.1) is 12.4 Å². The fourth-order valence-electron chi connectivity index (χ4n) is 1.79. The lowest BCUT2D eigenvalue weighted by Crippen LogP contribution is -2.41. The van der Waals surface area contributed by atoms with Crippen LogP contribution in [0.1, 0.15) is 19.4 Å². The lowest BCUT2D eigenvalue weighted by Gasteiger charge is -2.29. The lowest BCUT2D eigenvalue weighted by atomic mass is 9.93. The van der Waals surface area contributed by atoms with Gasteiger partial charge in [-0.2, -0.15) is 13.2 Å². The quantitative estimate of drug-likeness (QED) is 0.854. The summed E-state index contributed by atoms with van der Waals surface area (Å²) in [5, 5.41) is 0. The number of benzene rings is 1. The molecule has 0 fully saturated rings. The highest BCUT2D eigenvalue weighted by Crippen LogP contribution is 2.30. The number of nitrogens with two attached hydrogens (primary N) is 1. The minimum absolute atomic E-state index is 0. The second kappa shape index (κ2) is 8.40. The molecule has 132 valence electrons. The van der Waals surface area contributed by atoms with E-state index in [0.717, 1.165) is 12.1 Å². The van der Waals surface area contributed by atoms with Crippen LogP contribution in [0.15, 0.2) is 24.3 Å². The van der Waals surface area contributed by atoms with E-state index < -0.39 is 11.7 Å². The number of rotatable bonds is 6. The van der Waals surface area contributed by atoms with E-state index in [1.54, 1.807) is 7.05 Å². The lowest BCUT2D eigenvalue weighted by molar-refractivity contribution is -0.137. The van der Waals surface area contributed by atoms with Crippen LogP contribution in [0, 0.1) is 5.41 Å². The second-order valence-corrected chi connectivity index (χ2v) is 5.93. The molecule has 0 saturated heterocycles. The first-order valence-electron chi connectivity index (χ1n) is 6.79. The largest absolute Gasteiger partial charge is 0.484 e. The van der Waals surface area contributed by atoms with Gasteiger partial charge >= 0.3 is 6.18 Å². The maximum atomic E-state index is 12.4.